The molecule has 0 aromatic heterocycles. The van der Waals surface area contributed by atoms with Gasteiger partial charge in [-0.3, -0.25) is 4.79 Å². The SMILES string of the molecule is N[C@@H]1CN(C(=O)Cc2ccc(OC(F)(F)F)cc2)C[C@H]1c1ccccc1. The highest BCUT2D eigenvalue weighted by Gasteiger charge is 2.34. The van der Waals surface area contributed by atoms with Crippen molar-refractivity contribution in [3.8, 4) is 5.75 Å². The minimum Gasteiger partial charge on any atom is -0.406 e. The van der Waals surface area contributed by atoms with Crippen molar-refractivity contribution in [2.24, 2.45) is 5.73 Å². The van der Waals surface area contributed by atoms with Crippen molar-refractivity contribution in [3.05, 3.63) is 65.7 Å². The number of alkyl halides is 3. The Hall–Kier alpha value is -2.54. The van der Waals surface area contributed by atoms with Crippen molar-refractivity contribution in [2.75, 3.05) is 13.1 Å². The van der Waals surface area contributed by atoms with E-state index in [9.17, 15) is 18.0 Å². The van der Waals surface area contributed by atoms with Crippen LogP contribution in [0.4, 0.5) is 13.2 Å². The van der Waals surface area contributed by atoms with Crippen LogP contribution in [0.15, 0.2) is 54.6 Å². The van der Waals surface area contributed by atoms with Gasteiger partial charge in [0.15, 0.2) is 0 Å². The molecule has 0 saturated carbocycles. The van der Waals surface area contributed by atoms with Crippen molar-refractivity contribution < 1.29 is 22.7 Å². The number of likely N-dealkylation sites (tertiary alicyclic amines) is 1. The molecule has 0 bridgehead atoms. The van der Waals surface area contributed by atoms with E-state index < -0.39 is 6.36 Å². The lowest BCUT2D eigenvalue weighted by Crippen LogP contribution is -2.33. The summed E-state index contributed by atoms with van der Waals surface area (Å²) in [5.74, 6) is -0.313. The van der Waals surface area contributed by atoms with E-state index in [4.69, 9.17) is 5.73 Å². The number of hydrogen-bond donors (Lipinski definition) is 1. The maximum atomic E-state index is 12.5. The second-order valence-electron chi connectivity index (χ2n) is 6.35. The summed E-state index contributed by atoms with van der Waals surface area (Å²) in [7, 11) is 0. The average Bonchev–Trinajstić information content (AvgIpc) is 2.98. The summed E-state index contributed by atoms with van der Waals surface area (Å²) in [4.78, 5) is 14.2. The van der Waals surface area contributed by atoms with E-state index in [1.807, 2.05) is 30.3 Å². The first-order valence-electron chi connectivity index (χ1n) is 8.25. The third-order valence-electron chi connectivity index (χ3n) is 4.46. The number of hydrogen-bond acceptors (Lipinski definition) is 3. The monoisotopic (exact) mass is 364 g/mol. The van der Waals surface area contributed by atoms with Crippen molar-refractivity contribution in [3.63, 3.8) is 0 Å². The van der Waals surface area contributed by atoms with Crippen molar-refractivity contribution in [1.82, 2.24) is 4.90 Å². The zero-order valence-electron chi connectivity index (χ0n) is 13.9. The van der Waals surface area contributed by atoms with E-state index in [-0.39, 0.29) is 30.0 Å². The normalized spacial score (nSPS) is 20.2. The molecule has 26 heavy (non-hydrogen) atoms. The van der Waals surface area contributed by atoms with Crippen LogP contribution in [-0.4, -0.2) is 36.3 Å². The number of carbonyl (C=O) groups excluding carboxylic acids is 1. The van der Waals surface area contributed by atoms with Gasteiger partial charge in [-0.15, -0.1) is 13.2 Å². The standard InChI is InChI=1S/C19H19F3N2O2/c20-19(21,22)26-15-8-6-13(7-9-15)10-18(25)24-11-16(17(23)12-24)14-4-2-1-3-5-14/h1-9,16-17H,10-12,23H2/t16-,17+/m0/s1. The summed E-state index contributed by atoms with van der Waals surface area (Å²) in [6, 6.07) is 15.0. The van der Waals surface area contributed by atoms with Crippen molar-refractivity contribution in [2.45, 2.75) is 24.7 Å². The number of ether oxygens (including phenoxy) is 1. The summed E-state index contributed by atoms with van der Waals surface area (Å²) in [5.41, 5.74) is 7.92. The van der Waals surface area contributed by atoms with Gasteiger partial charge in [0.2, 0.25) is 5.91 Å². The number of carbonyl (C=O) groups is 1. The third-order valence-corrected chi connectivity index (χ3v) is 4.46. The quantitative estimate of drug-likeness (QED) is 0.907. The lowest BCUT2D eigenvalue weighted by Gasteiger charge is -2.17. The molecule has 0 spiro atoms. The fraction of sp³-hybridized carbons (Fsp3) is 0.316. The first-order valence-corrected chi connectivity index (χ1v) is 8.25. The van der Waals surface area contributed by atoms with Gasteiger partial charge in [-0.25, -0.2) is 0 Å². The Kier molecular flexibility index (Phi) is 5.18. The predicted molar refractivity (Wildman–Crippen MR) is 90.6 cm³/mol. The Bertz CT molecular complexity index is 748. The van der Waals surface area contributed by atoms with Crippen LogP contribution in [0.2, 0.25) is 0 Å². The van der Waals surface area contributed by atoms with Gasteiger partial charge in [-0.05, 0) is 23.3 Å². The minimum absolute atomic E-state index is 0.0858. The van der Waals surface area contributed by atoms with Gasteiger partial charge in [-0.1, -0.05) is 42.5 Å². The Balaban J connectivity index is 1.60. The van der Waals surface area contributed by atoms with Gasteiger partial charge >= 0.3 is 6.36 Å². The van der Waals surface area contributed by atoms with Crippen LogP contribution in [0.5, 0.6) is 5.75 Å². The molecular formula is C19H19F3N2O2. The molecule has 0 unspecified atom stereocenters. The molecular weight excluding hydrogens is 345 g/mol. The maximum Gasteiger partial charge on any atom is 0.573 e. The number of amides is 1. The summed E-state index contributed by atoms with van der Waals surface area (Å²) < 4.78 is 40.4. The summed E-state index contributed by atoms with van der Waals surface area (Å²) >= 11 is 0. The fourth-order valence-electron chi connectivity index (χ4n) is 3.18. The van der Waals surface area contributed by atoms with Crippen LogP contribution in [0, 0.1) is 0 Å². The number of nitrogens with zero attached hydrogens (tertiary/aromatic N) is 1. The number of halogens is 3. The Morgan fingerprint density at radius 1 is 1.08 bits per heavy atom. The molecule has 1 aliphatic heterocycles. The van der Waals surface area contributed by atoms with E-state index in [1.165, 1.54) is 24.3 Å². The molecule has 2 aromatic rings. The highest BCUT2D eigenvalue weighted by molar-refractivity contribution is 5.79. The van der Waals surface area contributed by atoms with Crippen LogP contribution in [0.3, 0.4) is 0 Å². The van der Waals surface area contributed by atoms with E-state index >= 15 is 0 Å². The van der Waals surface area contributed by atoms with Crippen LogP contribution in [0.1, 0.15) is 17.0 Å². The van der Waals surface area contributed by atoms with Crippen LogP contribution >= 0.6 is 0 Å². The largest absolute Gasteiger partial charge is 0.573 e. The number of rotatable bonds is 4. The molecule has 2 aromatic carbocycles. The van der Waals surface area contributed by atoms with E-state index in [2.05, 4.69) is 4.74 Å². The molecule has 1 fully saturated rings. The Morgan fingerprint density at radius 3 is 2.35 bits per heavy atom. The van der Waals surface area contributed by atoms with Crippen LogP contribution < -0.4 is 10.5 Å². The number of nitrogens with two attached hydrogens (primary N) is 1. The third kappa shape index (κ3) is 4.54. The molecule has 4 nitrogen and oxygen atoms in total. The molecule has 7 heteroatoms. The van der Waals surface area contributed by atoms with Gasteiger partial charge in [0.1, 0.15) is 5.75 Å². The predicted octanol–water partition coefficient (Wildman–Crippen LogP) is 3.08. The summed E-state index contributed by atoms with van der Waals surface area (Å²) in [6.07, 6.45) is -4.62. The van der Waals surface area contributed by atoms with Gasteiger partial charge in [0.05, 0.1) is 6.42 Å². The number of benzene rings is 2. The molecule has 2 N–H and O–H groups in total. The first kappa shape index (κ1) is 18.3. The fourth-order valence-corrected chi connectivity index (χ4v) is 3.18. The molecule has 1 aliphatic rings. The van der Waals surface area contributed by atoms with Crippen LogP contribution in [-0.2, 0) is 11.2 Å². The second-order valence-corrected chi connectivity index (χ2v) is 6.35. The van der Waals surface area contributed by atoms with E-state index in [0.717, 1.165) is 5.56 Å². The second kappa shape index (κ2) is 7.37. The van der Waals surface area contributed by atoms with Gasteiger partial charge in [0, 0.05) is 25.0 Å². The highest BCUT2D eigenvalue weighted by atomic mass is 19.4. The molecule has 2 atom stereocenters. The van der Waals surface area contributed by atoms with Crippen LogP contribution in [0.25, 0.3) is 0 Å². The zero-order valence-corrected chi connectivity index (χ0v) is 13.9. The molecule has 138 valence electrons. The molecule has 3 rings (SSSR count). The maximum absolute atomic E-state index is 12.5. The molecule has 1 heterocycles. The first-order chi connectivity index (χ1) is 12.3. The molecule has 0 aliphatic carbocycles. The smallest absolute Gasteiger partial charge is 0.406 e. The van der Waals surface area contributed by atoms with E-state index in [1.54, 1.807) is 4.90 Å². The molecule has 1 saturated heterocycles. The van der Waals surface area contributed by atoms with E-state index in [0.29, 0.717) is 18.7 Å². The van der Waals surface area contributed by atoms with Gasteiger partial charge in [-0.2, -0.15) is 0 Å². The van der Waals surface area contributed by atoms with Gasteiger partial charge in [0.25, 0.3) is 0 Å². The minimum atomic E-state index is -4.73. The molecule has 1 amide bonds. The Morgan fingerprint density at radius 2 is 1.73 bits per heavy atom. The van der Waals surface area contributed by atoms with Gasteiger partial charge < -0.3 is 15.4 Å². The topological polar surface area (TPSA) is 55.6 Å². The van der Waals surface area contributed by atoms with Crippen molar-refractivity contribution >= 4 is 5.91 Å². The highest BCUT2D eigenvalue weighted by Crippen LogP contribution is 2.27. The summed E-state index contributed by atoms with van der Waals surface area (Å²) in [6.45, 7) is 1.01. The average molecular weight is 364 g/mol. The summed E-state index contributed by atoms with van der Waals surface area (Å²) in [5, 5.41) is 0. The molecule has 0 radical (unpaired) electrons. The lowest BCUT2D eigenvalue weighted by molar-refractivity contribution is -0.274. The Labute approximate surface area is 149 Å². The lowest BCUT2D eigenvalue weighted by atomic mass is 9.95. The van der Waals surface area contributed by atoms with Crippen molar-refractivity contribution in [1.29, 1.82) is 0 Å². The zero-order chi connectivity index (χ0) is 18.7.